The quantitative estimate of drug-likeness (QED) is 0.834. The lowest BCUT2D eigenvalue weighted by Crippen LogP contribution is -2.09. The normalized spacial score (nSPS) is 24.0. The van der Waals surface area contributed by atoms with Gasteiger partial charge in [0.15, 0.2) is 0 Å². The third-order valence-corrected chi connectivity index (χ3v) is 3.56. The van der Waals surface area contributed by atoms with E-state index in [1.165, 1.54) is 0 Å². The van der Waals surface area contributed by atoms with E-state index in [0.717, 1.165) is 30.2 Å². The Kier molecular flexibility index (Phi) is 3.15. The van der Waals surface area contributed by atoms with Crippen molar-refractivity contribution in [2.45, 2.75) is 31.8 Å². The molecule has 1 aromatic heterocycles. The molecule has 0 radical (unpaired) electrons. The fraction of sp³-hybridized carbons (Fsp3) is 0.700. The molecule has 1 aromatic rings. The van der Waals surface area contributed by atoms with E-state index in [1.807, 2.05) is 0 Å². The molecule has 0 aromatic carbocycles. The van der Waals surface area contributed by atoms with Crippen LogP contribution < -0.4 is 5.73 Å². The Morgan fingerprint density at radius 1 is 1.79 bits per heavy atom. The molecule has 2 N–H and O–H groups in total. The smallest absolute Gasteiger partial charge is 0.122 e. The Morgan fingerprint density at radius 3 is 3.29 bits per heavy atom. The second-order valence-corrected chi connectivity index (χ2v) is 4.64. The second kappa shape index (κ2) is 4.38. The van der Waals surface area contributed by atoms with E-state index in [1.54, 1.807) is 11.3 Å². The van der Waals surface area contributed by atoms with Crippen molar-refractivity contribution in [2.24, 2.45) is 5.73 Å². The molecule has 2 rings (SSSR count). The summed E-state index contributed by atoms with van der Waals surface area (Å²) in [5.41, 5.74) is 6.71. The summed E-state index contributed by atoms with van der Waals surface area (Å²) in [5.74, 6) is 0.362. The lowest BCUT2D eigenvalue weighted by Gasteiger charge is -2.05. The number of hydrogen-bond donors (Lipinski definition) is 1. The van der Waals surface area contributed by atoms with Crippen LogP contribution in [0.2, 0.25) is 0 Å². The van der Waals surface area contributed by atoms with Crippen molar-refractivity contribution in [1.29, 1.82) is 0 Å². The van der Waals surface area contributed by atoms with Gasteiger partial charge in [-0.2, -0.15) is 0 Å². The monoisotopic (exact) mass is 212 g/mol. The Labute approximate surface area is 88.3 Å². The van der Waals surface area contributed by atoms with Gasteiger partial charge >= 0.3 is 0 Å². The molecule has 2 atom stereocenters. The summed E-state index contributed by atoms with van der Waals surface area (Å²) < 4.78 is 5.58. The van der Waals surface area contributed by atoms with Crippen LogP contribution in [0.3, 0.4) is 0 Å². The van der Waals surface area contributed by atoms with Crippen LogP contribution in [0, 0.1) is 0 Å². The Morgan fingerprint density at radius 2 is 2.64 bits per heavy atom. The molecule has 1 aliphatic heterocycles. The summed E-state index contributed by atoms with van der Waals surface area (Å²) in [4.78, 5) is 4.58. The number of hydrogen-bond acceptors (Lipinski definition) is 4. The van der Waals surface area contributed by atoms with Crippen molar-refractivity contribution in [1.82, 2.24) is 4.98 Å². The van der Waals surface area contributed by atoms with Gasteiger partial charge in [0.2, 0.25) is 0 Å². The summed E-state index contributed by atoms with van der Waals surface area (Å²) in [6, 6.07) is 0. The highest BCUT2D eigenvalue weighted by atomic mass is 32.1. The van der Waals surface area contributed by atoms with Gasteiger partial charge in [0, 0.05) is 24.4 Å². The predicted molar refractivity (Wildman–Crippen MR) is 57.5 cm³/mol. The van der Waals surface area contributed by atoms with E-state index in [2.05, 4.69) is 17.3 Å². The zero-order valence-electron chi connectivity index (χ0n) is 8.40. The summed E-state index contributed by atoms with van der Waals surface area (Å²) in [5, 5.41) is 3.23. The number of ether oxygens (including phenoxy) is 1. The van der Waals surface area contributed by atoms with E-state index in [9.17, 15) is 0 Å². The zero-order valence-corrected chi connectivity index (χ0v) is 9.22. The minimum Gasteiger partial charge on any atom is -0.371 e. The van der Waals surface area contributed by atoms with Crippen LogP contribution in [0.15, 0.2) is 5.38 Å². The van der Waals surface area contributed by atoms with E-state index in [4.69, 9.17) is 10.5 Å². The zero-order chi connectivity index (χ0) is 9.97. The Hall–Kier alpha value is -0.450. The third kappa shape index (κ3) is 1.97. The van der Waals surface area contributed by atoms with E-state index >= 15 is 0 Å². The van der Waals surface area contributed by atoms with Crippen molar-refractivity contribution in [2.75, 3.05) is 13.2 Å². The van der Waals surface area contributed by atoms with Crippen molar-refractivity contribution >= 4 is 11.3 Å². The number of nitrogens with two attached hydrogens (primary N) is 1. The van der Waals surface area contributed by atoms with Gasteiger partial charge in [-0.05, 0) is 12.8 Å². The topological polar surface area (TPSA) is 48.1 Å². The standard InChI is InChI=1S/C10H16N2OS/c1-7(5-11)8-6-14-10(12-8)9-3-2-4-13-9/h6-7,9H,2-5,11H2,1H3. The summed E-state index contributed by atoms with van der Waals surface area (Å²) in [7, 11) is 0. The number of thiazole rings is 1. The van der Waals surface area contributed by atoms with E-state index < -0.39 is 0 Å². The molecule has 0 spiro atoms. The molecule has 0 aliphatic carbocycles. The van der Waals surface area contributed by atoms with E-state index in [-0.39, 0.29) is 6.10 Å². The number of rotatable bonds is 3. The van der Waals surface area contributed by atoms with Gasteiger partial charge in [-0.25, -0.2) is 4.98 Å². The minimum atomic E-state index is 0.249. The average Bonchev–Trinajstić information content (AvgIpc) is 2.86. The molecular weight excluding hydrogens is 196 g/mol. The van der Waals surface area contributed by atoms with Crippen molar-refractivity contribution in [3.05, 3.63) is 16.1 Å². The first-order valence-corrected chi connectivity index (χ1v) is 5.96. The first-order chi connectivity index (χ1) is 6.81. The van der Waals surface area contributed by atoms with Gasteiger partial charge in [-0.15, -0.1) is 11.3 Å². The Balaban J connectivity index is 2.08. The van der Waals surface area contributed by atoms with Crippen LogP contribution in [-0.4, -0.2) is 18.1 Å². The summed E-state index contributed by atoms with van der Waals surface area (Å²) >= 11 is 1.70. The Bertz CT molecular complexity index is 294. The first kappa shape index (κ1) is 10.1. The molecule has 14 heavy (non-hydrogen) atoms. The molecule has 2 heterocycles. The maximum atomic E-state index is 5.60. The van der Waals surface area contributed by atoms with Gasteiger partial charge in [0.05, 0.1) is 5.69 Å². The SMILES string of the molecule is CC(CN)c1csc(C2CCCO2)n1. The van der Waals surface area contributed by atoms with E-state index in [0.29, 0.717) is 12.5 Å². The molecule has 3 nitrogen and oxygen atoms in total. The maximum Gasteiger partial charge on any atom is 0.122 e. The number of nitrogens with zero attached hydrogens (tertiary/aromatic N) is 1. The van der Waals surface area contributed by atoms with Crippen LogP contribution in [0.25, 0.3) is 0 Å². The lowest BCUT2D eigenvalue weighted by atomic mass is 10.1. The highest BCUT2D eigenvalue weighted by molar-refractivity contribution is 7.09. The van der Waals surface area contributed by atoms with Crippen LogP contribution >= 0.6 is 11.3 Å². The van der Waals surface area contributed by atoms with Crippen LogP contribution in [0.5, 0.6) is 0 Å². The van der Waals surface area contributed by atoms with Gasteiger partial charge in [-0.3, -0.25) is 0 Å². The molecule has 1 aliphatic rings. The largest absolute Gasteiger partial charge is 0.371 e. The number of aromatic nitrogens is 1. The predicted octanol–water partition coefficient (Wildman–Crippen LogP) is 2.06. The minimum absolute atomic E-state index is 0.249. The molecule has 1 saturated heterocycles. The van der Waals surface area contributed by atoms with Gasteiger partial charge in [-0.1, -0.05) is 6.92 Å². The summed E-state index contributed by atoms with van der Waals surface area (Å²) in [6.07, 6.45) is 2.52. The van der Waals surface area contributed by atoms with Crippen LogP contribution in [0.4, 0.5) is 0 Å². The van der Waals surface area contributed by atoms with Crippen molar-refractivity contribution in [3.63, 3.8) is 0 Å². The fourth-order valence-electron chi connectivity index (χ4n) is 1.57. The molecule has 0 amide bonds. The van der Waals surface area contributed by atoms with Crippen LogP contribution in [-0.2, 0) is 4.74 Å². The lowest BCUT2D eigenvalue weighted by molar-refractivity contribution is 0.111. The molecule has 0 saturated carbocycles. The average molecular weight is 212 g/mol. The van der Waals surface area contributed by atoms with Gasteiger partial charge in [0.25, 0.3) is 0 Å². The molecule has 0 bridgehead atoms. The molecule has 4 heteroatoms. The highest BCUT2D eigenvalue weighted by Crippen LogP contribution is 2.31. The fourth-order valence-corrected chi connectivity index (χ4v) is 2.59. The highest BCUT2D eigenvalue weighted by Gasteiger charge is 2.21. The first-order valence-electron chi connectivity index (χ1n) is 5.08. The third-order valence-electron chi connectivity index (χ3n) is 2.60. The second-order valence-electron chi connectivity index (χ2n) is 3.75. The molecule has 1 fully saturated rings. The van der Waals surface area contributed by atoms with Gasteiger partial charge in [0.1, 0.15) is 11.1 Å². The van der Waals surface area contributed by atoms with Gasteiger partial charge < -0.3 is 10.5 Å². The maximum absolute atomic E-state index is 5.60. The van der Waals surface area contributed by atoms with Crippen molar-refractivity contribution < 1.29 is 4.74 Å². The molecular formula is C10H16N2OS. The summed E-state index contributed by atoms with van der Waals surface area (Å²) in [6.45, 7) is 3.65. The molecule has 78 valence electrons. The van der Waals surface area contributed by atoms with Crippen molar-refractivity contribution in [3.8, 4) is 0 Å². The molecule has 2 unspecified atom stereocenters. The van der Waals surface area contributed by atoms with Crippen LogP contribution in [0.1, 0.15) is 42.5 Å².